The lowest BCUT2D eigenvalue weighted by molar-refractivity contribution is 0.210. The fourth-order valence-corrected chi connectivity index (χ4v) is 2.38. The topological polar surface area (TPSA) is 15.3 Å². The van der Waals surface area contributed by atoms with Crippen LogP contribution in [-0.2, 0) is 0 Å². The van der Waals surface area contributed by atoms with Crippen molar-refractivity contribution in [2.75, 3.05) is 26.2 Å². The van der Waals surface area contributed by atoms with E-state index in [9.17, 15) is 0 Å². The van der Waals surface area contributed by atoms with Crippen LogP contribution < -0.4 is 5.32 Å². The van der Waals surface area contributed by atoms with Gasteiger partial charge in [0.15, 0.2) is 0 Å². The van der Waals surface area contributed by atoms with E-state index >= 15 is 0 Å². The fourth-order valence-electron chi connectivity index (χ4n) is 2.38. The lowest BCUT2D eigenvalue weighted by Gasteiger charge is -2.32. The van der Waals surface area contributed by atoms with E-state index in [1.54, 1.807) is 0 Å². The first-order valence-corrected chi connectivity index (χ1v) is 6.90. The molecule has 0 amide bonds. The summed E-state index contributed by atoms with van der Waals surface area (Å²) in [5.74, 6) is 1.01. The number of piperidine rings is 1. The van der Waals surface area contributed by atoms with Crippen molar-refractivity contribution in [1.82, 2.24) is 10.2 Å². The van der Waals surface area contributed by atoms with Gasteiger partial charge in [0.05, 0.1) is 0 Å². The first kappa shape index (κ1) is 12.1. The van der Waals surface area contributed by atoms with Crippen molar-refractivity contribution in [3.05, 3.63) is 12.2 Å². The maximum absolute atomic E-state index is 4.10. The third kappa shape index (κ3) is 3.91. The Morgan fingerprint density at radius 2 is 1.94 bits per heavy atom. The Hall–Kier alpha value is -0.340. The van der Waals surface area contributed by atoms with Crippen LogP contribution in [0.3, 0.4) is 0 Å². The van der Waals surface area contributed by atoms with Crippen molar-refractivity contribution in [1.29, 1.82) is 0 Å². The minimum absolute atomic E-state index is 0.784. The second kappa shape index (κ2) is 5.83. The Kier molecular flexibility index (Phi) is 4.42. The van der Waals surface area contributed by atoms with E-state index in [1.807, 2.05) is 0 Å². The third-order valence-corrected chi connectivity index (χ3v) is 3.93. The van der Waals surface area contributed by atoms with Crippen LogP contribution >= 0.6 is 0 Å². The predicted octanol–water partition coefficient (Wildman–Crippen LogP) is 2.42. The van der Waals surface area contributed by atoms with Crippen molar-refractivity contribution in [3.63, 3.8) is 0 Å². The molecule has 16 heavy (non-hydrogen) atoms. The van der Waals surface area contributed by atoms with E-state index in [4.69, 9.17) is 0 Å². The van der Waals surface area contributed by atoms with Crippen molar-refractivity contribution >= 4 is 0 Å². The Morgan fingerprint density at radius 1 is 1.25 bits per heavy atom. The lowest BCUT2D eigenvalue weighted by atomic mass is 10.0. The van der Waals surface area contributed by atoms with E-state index in [0.717, 1.165) is 24.9 Å². The van der Waals surface area contributed by atoms with E-state index in [2.05, 4.69) is 23.7 Å². The predicted molar refractivity (Wildman–Crippen MR) is 69.6 cm³/mol. The van der Waals surface area contributed by atoms with Crippen molar-refractivity contribution < 1.29 is 0 Å². The maximum Gasteiger partial charge on any atom is 0.0190 e. The van der Waals surface area contributed by atoms with Crippen LogP contribution in [0.4, 0.5) is 0 Å². The molecule has 0 atom stereocenters. The molecule has 2 fully saturated rings. The number of nitrogens with one attached hydrogen (secondary N) is 1. The van der Waals surface area contributed by atoms with Crippen LogP contribution in [0.1, 0.15) is 39.0 Å². The second-order valence-corrected chi connectivity index (χ2v) is 5.51. The van der Waals surface area contributed by atoms with Gasteiger partial charge >= 0.3 is 0 Å². The van der Waals surface area contributed by atoms with Gasteiger partial charge in [-0.2, -0.15) is 0 Å². The first-order chi connectivity index (χ1) is 7.78. The van der Waals surface area contributed by atoms with Gasteiger partial charge < -0.3 is 5.32 Å². The van der Waals surface area contributed by atoms with E-state index in [1.165, 1.54) is 50.9 Å². The first-order valence-electron chi connectivity index (χ1n) is 6.90. The van der Waals surface area contributed by atoms with Crippen LogP contribution in [0.5, 0.6) is 0 Å². The zero-order valence-corrected chi connectivity index (χ0v) is 10.7. The molecule has 2 heteroatoms. The molecule has 1 saturated carbocycles. The molecular formula is C14H26N2. The molecule has 1 aliphatic carbocycles. The number of hydrogen-bond donors (Lipinski definition) is 1. The van der Waals surface area contributed by atoms with E-state index < -0.39 is 0 Å². The van der Waals surface area contributed by atoms with Crippen LogP contribution in [0.2, 0.25) is 0 Å². The number of likely N-dealkylation sites (tertiary alicyclic amines) is 1. The summed E-state index contributed by atoms with van der Waals surface area (Å²) in [6.07, 6.45) is 6.69. The minimum Gasteiger partial charge on any atom is -0.314 e. The van der Waals surface area contributed by atoms with E-state index in [-0.39, 0.29) is 0 Å². The molecule has 1 heterocycles. The molecule has 1 saturated heterocycles. The molecule has 0 unspecified atom stereocenters. The highest BCUT2D eigenvalue weighted by Crippen LogP contribution is 2.28. The Labute approximate surface area is 100 Å². The lowest BCUT2D eigenvalue weighted by Crippen LogP contribution is -2.43. The number of nitrogens with zero attached hydrogens (tertiary/aromatic N) is 1. The highest BCUT2D eigenvalue weighted by Gasteiger charge is 2.24. The summed E-state index contributed by atoms with van der Waals surface area (Å²) in [5, 5.41) is 3.72. The fraction of sp³-hybridized carbons (Fsp3) is 0.857. The maximum atomic E-state index is 4.10. The second-order valence-electron chi connectivity index (χ2n) is 5.51. The third-order valence-electron chi connectivity index (χ3n) is 3.93. The van der Waals surface area contributed by atoms with E-state index in [0.29, 0.717) is 0 Å². The summed E-state index contributed by atoms with van der Waals surface area (Å²) in [6, 6.07) is 0.784. The number of hydrogen-bond acceptors (Lipinski definition) is 2. The molecule has 1 aliphatic heterocycles. The van der Waals surface area contributed by atoms with Gasteiger partial charge in [0, 0.05) is 12.6 Å². The van der Waals surface area contributed by atoms with Crippen LogP contribution in [0.25, 0.3) is 0 Å². The zero-order valence-electron chi connectivity index (χ0n) is 10.7. The molecule has 2 nitrogen and oxygen atoms in total. The average molecular weight is 222 g/mol. The molecule has 2 aliphatic rings. The van der Waals surface area contributed by atoms with Crippen molar-refractivity contribution in [3.8, 4) is 0 Å². The van der Waals surface area contributed by atoms with Gasteiger partial charge in [-0.15, -0.1) is 0 Å². The minimum atomic E-state index is 0.784. The highest BCUT2D eigenvalue weighted by molar-refractivity contribution is 4.97. The van der Waals surface area contributed by atoms with Gasteiger partial charge in [0.1, 0.15) is 0 Å². The molecule has 92 valence electrons. The molecule has 1 N–H and O–H groups in total. The molecule has 2 rings (SSSR count). The molecule has 0 spiro atoms. The Morgan fingerprint density at radius 3 is 2.50 bits per heavy atom. The Bertz CT molecular complexity index is 225. The molecule has 0 radical (unpaired) electrons. The summed E-state index contributed by atoms with van der Waals surface area (Å²) < 4.78 is 0. The van der Waals surface area contributed by atoms with Crippen molar-refractivity contribution in [2.24, 2.45) is 5.92 Å². The van der Waals surface area contributed by atoms with Gasteiger partial charge in [-0.05, 0) is 57.7 Å². The largest absolute Gasteiger partial charge is 0.314 e. The summed E-state index contributed by atoms with van der Waals surface area (Å²) in [5.41, 5.74) is 1.38. The average Bonchev–Trinajstić information content (AvgIpc) is 3.12. The van der Waals surface area contributed by atoms with Gasteiger partial charge in [0.2, 0.25) is 0 Å². The quantitative estimate of drug-likeness (QED) is 0.694. The molecule has 0 aromatic rings. The smallest absolute Gasteiger partial charge is 0.0190 e. The molecule has 0 aromatic carbocycles. The van der Waals surface area contributed by atoms with Gasteiger partial charge in [-0.3, -0.25) is 4.90 Å². The zero-order chi connectivity index (χ0) is 11.4. The Balaban J connectivity index is 1.59. The highest BCUT2D eigenvalue weighted by atomic mass is 15.1. The summed E-state index contributed by atoms with van der Waals surface area (Å²) >= 11 is 0. The van der Waals surface area contributed by atoms with Gasteiger partial charge in [-0.1, -0.05) is 19.1 Å². The van der Waals surface area contributed by atoms with Gasteiger partial charge in [0.25, 0.3) is 0 Å². The molecule has 0 bridgehead atoms. The molecular weight excluding hydrogens is 196 g/mol. The summed E-state index contributed by atoms with van der Waals surface area (Å²) in [4.78, 5) is 2.56. The van der Waals surface area contributed by atoms with Crippen LogP contribution in [0, 0.1) is 5.92 Å². The normalized spacial score (nSPS) is 23.6. The number of rotatable bonds is 6. The standard InChI is InChI=1S/C14H26N2/c1-3-12(2)11-16-8-6-14(7-9-16)15-10-13-4-5-13/h13-15H,2-11H2,1H3. The molecule has 0 aromatic heterocycles. The van der Waals surface area contributed by atoms with Crippen LogP contribution in [-0.4, -0.2) is 37.1 Å². The van der Waals surface area contributed by atoms with Gasteiger partial charge in [-0.25, -0.2) is 0 Å². The monoisotopic (exact) mass is 222 g/mol. The van der Waals surface area contributed by atoms with Crippen molar-refractivity contribution in [2.45, 2.75) is 45.1 Å². The SMILES string of the molecule is C=C(CC)CN1CCC(NCC2CC2)CC1. The summed E-state index contributed by atoms with van der Waals surface area (Å²) in [7, 11) is 0. The van der Waals surface area contributed by atoms with Crippen LogP contribution in [0.15, 0.2) is 12.2 Å². The summed E-state index contributed by atoms with van der Waals surface area (Å²) in [6.45, 7) is 11.2.